The van der Waals surface area contributed by atoms with Crippen molar-refractivity contribution >= 4 is 29.1 Å². The number of nitrogens with zero attached hydrogens (tertiary/aromatic N) is 2. The SMILES string of the molecule is CC(C)(N)C(=O)N[C@@H]1CCc2ccccc2N(Cc2ccccc2-c2ccccc2Nc2ncc[nH]2)C1=O. The van der Waals surface area contributed by atoms with E-state index in [4.69, 9.17) is 5.73 Å². The Hall–Kier alpha value is -4.43. The van der Waals surface area contributed by atoms with Crippen molar-refractivity contribution in [1.82, 2.24) is 15.3 Å². The predicted octanol–water partition coefficient (Wildman–Crippen LogP) is 4.52. The molecule has 5 rings (SSSR count). The molecule has 1 aliphatic rings. The topological polar surface area (TPSA) is 116 Å². The van der Waals surface area contributed by atoms with E-state index in [1.54, 1.807) is 31.1 Å². The summed E-state index contributed by atoms with van der Waals surface area (Å²) in [5, 5.41) is 6.26. The summed E-state index contributed by atoms with van der Waals surface area (Å²) in [6, 6.07) is 23.3. The van der Waals surface area contributed by atoms with Crippen LogP contribution in [0.15, 0.2) is 85.2 Å². The maximum Gasteiger partial charge on any atom is 0.249 e. The van der Waals surface area contributed by atoms with Gasteiger partial charge in [0.2, 0.25) is 17.8 Å². The number of nitrogens with one attached hydrogen (secondary N) is 3. The zero-order valence-corrected chi connectivity index (χ0v) is 21.6. The maximum atomic E-state index is 13.9. The first-order valence-corrected chi connectivity index (χ1v) is 12.7. The molecule has 3 aromatic carbocycles. The molecule has 194 valence electrons. The van der Waals surface area contributed by atoms with Crippen molar-refractivity contribution in [3.8, 4) is 11.1 Å². The van der Waals surface area contributed by atoms with E-state index < -0.39 is 11.6 Å². The minimum Gasteiger partial charge on any atom is -0.343 e. The third-order valence-corrected chi connectivity index (χ3v) is 6.75. The number of aromatic amines is 1. The number of anilines is 3. The molecular formula is C30H32N6O2. The first-order valence-electron chi connectivity index (χ1n) is 12.7. The van der Waals surface area contributed by atoms with Crippen LogP contribution in [0.25, 0.3) is 11.1 Å². The van der Waals surface area contributed by atoms with Gasteiger partial charge in [-0.2, -0.15) is 0 Å². The van der Waals surface area contributed by atoms with Gasteiger partial charge in [-0.15, -0.1) is 0 Å². The summed E-state index contributed by atoms with van der Waals surface area (Å²) in [7, 11) is 0. The number of para-hydroxylation sites is 2. The number of hydrogen-bond donors (Lipinski definition) is 4. The van der Waals surface area contributed by atoms with Gasteiger partial charge >= 0.3 is 0 Å². The van der Waals surface area contributed by atoms with Gasteiger partial charge in [-0.1, -0.05) is 60.7 Å². The molecule has 1 aliphatic heterocycles. The molecule has 0 fully saturated rings. The molecule has 0 unspecified atom stereocenters. The van der Waals surface area contributed by atoms with E-state index in [1.165, 1.54) is 0 Å². The quantitative estimate of drug-likeness (QED) is 0.293. The van der Waals surface area contributed by atoms with Gasteiger partial charge in [-0.3, -0.25) is 9.59 Å². The van der Waals surface area contributed by atoms with E-state index in [0.29, 0.717) is 25.3 Å². The largest absolute Gasteiger partial charge is 0.343 e. The van der Waals surface area contributed by atoms with Crippen LogP contribution in [0.5, 0.6) is 0 Å². The standard InChI is InChI=1S/C30H32N6O2/c1-30(2,31)28(38)34-25-16-15-20-9-4-8-14-26(20)36(27(25)37)19-21-10-3-5-11-22(21)23-12-6-7-13-24(23)35-29-32-17-18-33-29/h3-14,17-18,25H,15-16,19,31H2,1-2H3,(H,34,38)(H2,32,33,35)/t25-/m1/s1. The van der Waals surface area contributed by atoms with E-state index in [-0.39, 0.29) is 11.8 Å². The van der Waals surface area contributed by atoms with Crippen LogP contribution in [0.2, 0.25) is 0 Å². The number of aryl methyl sites for hydroxylation is 1. The van der Waals surface area contributed by atoms with Crippen molar-refractivity contribution in [3.63, 3.8) is 0 Å². The fraction of sp³-hybridized carbons (Fsp3) is 0.233. The molecule has 0 saturated heterocycles. The van der Waals surface area contributed by atoms with Gasteiger partial charge in [-0.25, -0.2) is 4.98 Å². The summed E-state index contributed by atoms with van der Waals surface area (Å²) in [6.07, 6.45) is 4.64. The molecule has 5 N–H and O–H groups in total. The summed E-state index contributed by atoms with van der Waals surface area (Å²) in [4.78, 5) is 35.8. The zero-order valence-electron chi connectivity index (χ0n) is 21.6. The third-order valence-electron chi connectivity index (χ3n) is 6.75. The number of aromatic nitrogens is 2. The lowest BCUT2D eigenvalue weighted by molar-refractivity contribution is -0.130. The number of nitrogens with two attached hydrogens (primary N) is 1. The highest BCUT2D eigenvalue weighted by Crippen LogP contribution is 2.35. The van der Waals surface area contributed by atoms with E-state index in [2.05, 4.69) is 32.7 Å². The molecule has 0 bridgehead atoms. The smallest absolute Gasteiger partial charge is 0.249 e. The Kier molecular flexibility index (Phi) is 6.98. The first kappa shape index (κ1) is 25.2. The van der Waals surface area contributed by atoms with Crippen LogP contribution < -0.4 is 21.3 Å². The maximum absolute atomic E-state index is 13.9. The molecule has 38 heavy (non-hydrogen) atoms. The highest BCUT2D eigenvalue weighted by atomic mass is 16.2. The van der Waals surface area contributed by atoms with E-state index in [9.17, 15) is 9.59 Å². The van der Waals surface area contributed by atoms with Crippen LogP contribution in [0.1, 0.15) is 31.4 Å². The minimum atomic E-state index is -1.08. The van der Waals surface area contributed by atoms with Crippen molar-refractivity contribution in [2.75, 3.05) is 10.2 Å². The molecule has 0 radical (unpaired) electrons. The molecule has 1 atom stereocenters. The molecule has 0 saturated carbocycles. The van der Waals surface area contributed by atoms with Crippen LogP contribution in [0.4, 0.5) is 17.3 Å². The molecule has 2 heterocycles. The van der Waals surface area contributed by atoms with Gasteiger partial charge in [0.15, 0.2) is 0 Å². The summed E-state index contributed by atoms with van der Waals surface area (Å²) in [5.41, 5.74) is 10.7. The average Bonchev–Trinajstić information content (AvgIpc) is 3.38. The number of carbonyl (C=O) groups excluding carboxylic acids is 2. The van der Waals surface area contributed by atoms with Gasteiger partial charge < -0.3 is 26.3 Å². The van der Waals surface area contributed by atoms with E-state index in [1.807, 2.05) is 60.7 Å². The van der Waals surface area contributed by atoms with Gasteiger partial charge in [0.1, 0.15) is 6.04 Å². The lowest BCUT2D eigenvalue weighted by Gasteiger charge is -2.29. The summed E-state index contributed by atoms with van der Waals surface area (Å²) in [5.74, 6) is 0.150. The molecule has 8 heteroatoms. The third kappa shape index (κ3) is 5.31. The fourth-order valence-electron chi connectivity index (χ4n) is 4.74. The van der Waals surface area contributed by atoms with Crippen molar-refractivity contribution in [1.29, 1.82) is 0 Å². The van der Waals surface area contributed by atoms with Crippen molar-refractivity contribution in [3.05, 3.63) is 96.3 Å². The Morgan fingerprint density at radius 3 is 2.53 bits per heavy atom. The highest BCUT2D eigenvalue weighted by molar-refractivity contribution is 6.01. The lowest BCUT2D eigenvalue weighted by Crippen LogP contribution is -2.56. The normalized spacial score (nSPS) is 15.5. The number of amides is 2. The molecule has 0 spiro atoms. The van der Waals surface area contributed by atoms with Gasteiger partial charge in [0.05, 0.1) is 12.1 Å². The lowest BCUT2D eigenvalue weighted by atomic mass is 9.97. The van der Waals surface area contributed by atoms with Gasteiger partial charge in [-0.05, 0) is 55.5 Å². The predicted molar refractivity (Wildman–Crippen MR) is 150 cm³/mol. The Morgan fingerprint density at radius 2 is 1.76 bits per heavy atom. The summed E-state index contributed by atoms with van der Waals surface area (Å²) < 4.78 is 0. The monoisotopic (exact) mass is 508 g/mol. The molecule has 4 aromatic rings. The Morgan fingerprint density at radius 1 is 1.05 bits per heavy atom. The second-order valence-corrected chi connectivity index (χ2v) is 10.1. The summed E-state index contributed by atoms with van der Waals surface area (Å²) in [6.45, 7) is 3.63. The van der Waals surface area contributed by atoms with Crippen LogP contribution in [-0.4, -0.2) is 33.4 Å². The Labute approximate surface area is 222 Å². The number of carbonyl (C=O) groups is 2. The minimum absolute atomic E-state index is 0.149. The number of fused-ring (bicyclic) bond motifs is 1. The van der Waals surface area contributed by atoms with Crippen molar-refractivity contribution in [2.45, 2.75) is 44.8 Å². The second-order valence-electron chi connectivity index (χ2n) is 10.1. The number of hydrogen-bond acceptors (Lipinski definition) is 5. The van der Waals surface area contributed by atoms with Gasteiger partial charge in [0.25, 0.3) is 0 Å². The number of H-pyrrole nitrogens is 1. The fourth-order valence-corrected chi connectivity index (χ4v) is 4.74. The Bertz CT molecular complexity index is 1440. The van der Waals surface area contributed by atoms with Crippen LogP contribution in [-0.2, 0) is 22.6 Å². The number of rotatable bonds is 7. The van der Waals surface area contributed by atoms with Crippen LogP contribution >= 0.6 is 0 Å². The van der Waals surface area contributed by atoms with Crippen molar-refractivity contribution < 1.29 is 9.59 Å². The van der Waals surface area contributed by atoms with Crippen molar-refractivity contribution in [2.24, 2.45) is 5.73 Å². The Balaban J connectivity index is 1.52. The molecule has 0 aliphatic carbocycles. The highest BCUT2D eigenvalue weighted by Gasteiger charge is 2.34. The molecule has 2 amide bonds. The molecule has 1 aromatic heterocycles. The number of imidazole rings is 1. The molecular weight excluding hydrogens is 476 g/mol. The first-order chi connectivity index (χ1) is 18.3. The summed E-state index contributed by atoms with van der Waals surface area (Å²) >= 11 is 0. The van der Waals surface area contributed by atoms with Crippen LogP contribution in [0, 0.1) is 0 Å². The van der Waals surface area contributed by atoms with Crippen LogP contribution in [0.3, 0.4) is 0 Å². The molecule has 8 nitrogen and oxygen atoms in total. The second kappa shape index (κ2) is 10.5. The zero-order chi connectivity index (χ0) is 26.7. The number of benzene rings is 3. The van der Waals surface area contributed by atoms with Gasteiger partial charge in [0, 0.05) is 29.3 Å². The average molecular weight is 509 g/mol. The van der Waals surface area contributed by atoms with E-state index >= 15 is 0 Å². The van der Waals surface area contributed by atoms with E-state index in [0.717, 1.165) is 33.6 Å².